The van der Waals surface area contributed by atoms with E-state index in [1.807, 2.05) is 12.1 Å². The Morgan fingerprint density at radius 1 is 1.00 bits per heavy atom. The van der Waals surface area contributed by atoms with Crippen molar-refractivity contribution in [1.29, 1.82) is 0 Å². The lowest BCUT2D eigenvalue weighted by Gasteiger charge is -2.08. The first-order chi connectivity index (χ1) is 11.7. The van der Waals surface area contributed by atoms with E-state index in [4.69, 9.17) is 9.84 Å². The third kappa shape index (κ3) is 3.61. The first kappa shape index (κ1) is 16.6. The van der Waals surface area contributed by atoms with Crippen molar-refractivity contribution in [2.45, 2.75) is 45.4 Å². The number of fused-ring (bicyclic) bond motifs is 3. The first-order valence-electron chi connectivity index (χ1n) is 8.81. The quantitative estimate of drug-likeness (QED) is 0.571. The molecule has 0 saturated carbocycles. The minimum atomic E-state index is -0.874. The highest BCUT2D eigenvalue weighted by Crippen LogP contribution is 2.38. The highest BCUT2D eigenvalue weighted by atomic mass is 16.5. The van der Waals surface area contributed by atoms with Gasteiger partial charge in [-0.3, -0.25) is 0 Å². The molecule has 0 bridgehead atoms. The van der Waals surface area contributed by atoms with Crippen molar-refractivity contribution in [1.82, 2.24) is 0 Å². The van der Waals surface area contributed by atoms with Crippen molar-refractivity contribution in [3.63, 3.8) is 0 Å². The number of aromatic carboxylic acids is 1. The molecule has 0 radical (unpaired) electrons. The van der Waals surface area contributed by atoms with Gasteiger partial charge in [0.05, 0.1) is 12.2 Å². The SMILES string of the molecule is CCCCCCCOc1ccc2c(c1)Cc1cc(C(=O)O)ccc1-2. The molecule has 0 heterocycles. The van der Waals surface area contributed by atoms with Crippen molar-refractivity contribution in [3.8, 4) is 16.9 Å². The Hall–Kier alpha value is -2.29. The molecule has 0 aliphatic heterocycles. The van der Waals surface area contributed by atoms with Crippen LogP contribution in [0.5, 0.6) is 5.75 Å². The number of hydrogen-bond donors (Lipinski definition) is 1. The van der Waals surface area contributed by atoms with E-state index in [0.29, 0.717) is 5.56 Å². The number of carboxylic acids is 1. The van der Waals surface area contributed by atoms with Gasteiger partial charge in [0.25, 0.3) is 0 Å². The average Bonchev–Trinajstić information content (AvgIpc) is 2.94. The second-order valence-electron chi connectivity index (χ2n) is 6.44. The predicted molar refractivity (Wildman–Crippen MR) is 95.9 cm³/mol. The summed E-state index contributed by atoms with van der Waals surface area (Å²) in [4.78, 5) is 11.1. The Bertz CT molecular complexity index is 734. The fourth-order valence-corrected chi connectivity index (χ4v) is 3.31. The molecule has 3 nitrogen and oxygen atoms in total. The van der Waals surface area contributed by atoms with Gasteiger partial charge in [-0.1, -0.05) is 44.7 Å². The van der Waals surface area contributed by atoms with E-state index in [9.17, 15) is 4.79 Å². The van der Waals surface area contributed by atoms with E-state index in [2.05, 4.69) is 19.1 Å². The minimum Gasteiger partial charge on any atom is -0.494 e. The zero-order valence-corrected chi connectivity index (χ0v) is 14.2. The number of hydrogen-bond acceptors (Lipinski definition) is 2. The Morgan fingerprint density at radius 3 is 2.46 bits per heavy atom. The number of unbranched alkanes of at least 4 members (excludes halogenated alkanes) is 4. The highest BCUT2D eigenvalue weighted by Gasteiger charge is 2.20. The largest absolute Gasteiger partial charge is 0.494 e. The Kier molecular flexibility index (Phi) is 5.19. The van der Waals surface area contributed by atoms with Crippen molar-refractivity contribution < 1.29 is 14.6 Å². The van der Waals surface area contributed by atoms with E-state index in [0.717, 1.165) is 36.3 Å². The van der Waals surface area contributed by atoms with Crippen LogP contribution in [0.4, 0.5) is 0 Å². The fraction of sp³-hybridized carbons (Fsp3) is 0.381. The maximum Gasteiger partial charge on any atom is 0.335 e. The first-order valence-corrected chi connectivity index (χ1v) is 8.81. The van der Waals surface area contributed by atoms with Crippen molar-refractivity contribution in [2.24, 2.45) is 0 Å². The van der Waals surface area contributed by atoms with Gasteiger partial charge in [0.1, 0.15) is 5.75 Å². The molecule has 0 aromatic heterocycles. The summed E-state index contributed by atoms with van der Waals surface area (Å²) < 4.78 is 5.88. The number of rotatable bonds is 8. The number of carboxylic acid groups (broad SMARTS) is 1. The van der Waals surface area contributed by atoms with E-state index in [1.54, 1.807) is 12.1 Å². The molecule has 126 valence electrons. The molecule has 2 aromatic carbocycles. The maximum absolute atomic E-state index is 11.1. The minimum absolute atomic E-state index is 0.352. The van der Waals surface area contributed by atoms with Crippen molar-refractivity contribution in [2.75, 3.05) is 6.61 Å². The lowest BCUT2D eigenvalue weighted by atomic mass is 10.0. The summed E-state index contributed by atoms with van der Waals surface area (Å²) in [5, 5.41) is 9.13. The van der Waals surface area contributed by atoms with Gasteiger partial charge in [-0.25, -0.2) is 4.79 Å². The second-order valence-corrected chi connectivity index (χ2v) is 6.44. The topological polar surface area (TPSA) is 46.5 Å². The van der Waals surface area contributed by atoms with Crippen LogP contribution in [0.1, 0.15) is 60.5 Å². The van der Waals surface area contributed by atoms with Gasteiger partial charge in [0, 0.05) is 0 Å². The molecule has 1 aliphatic rings. The van der Waals surface area contributed by atoms with Gasteiger partial charge in [-0.2, -0.15) is 0 Å². The number of benzene rings is 2. The van der Waals surface area contributed by atoms with Gasteiger partial charge >= 0.3 is 5.97 Å². The molecular weight excluding hydrogens is 300 g/mol. The van der Waals surface area contributed by atoms with Crippen LogP contribution >= 0.6 is 0 Å². The smallest absolute Gasteiger partial charge is 0.335 e. The van der Waals surface area contributed by atoms with E-state index < -0.39 is 5.97 Å². The lowest BCUT2D eigenvalue weighted by molar-refractivity contribution is 0.0697. The fourth-order valence-electron chi connectivity index (χ4n) is 3.31. The third-order valence-corrected chi connectivity index (χ3v) is 4.62. The van der Waals surface area contributed by atoms with E-state index in [-0.39, 0.29) is 0 Å². The molecule has 1 aliphatic carbocycles. The van der Waals surface area contributed by atoms with Crippen LogP contribution in [0, 0.1) is 0 Å². The monoisotopic (exact) mass is 324 g/mol. The zero-order valence-electron chi connectivity index (χ0n) is 14.2. The summed E-state index contributed by atoms with van der Waals surface area (Å²) in [6.45, 7) is 2.98. The van der Waals surface area contributed by atoms with Crippen LogP contribution in [0.3, 0.4) is 0 Å². The summed E-state index contributed by atoms with van der Waals surface area (Å²) in [6.07, 6.45) is 6.94. The van der Waals surface area contributed by atoms with Gasteiger partial charge < -0.3 is 9.84 Å². The summed E-state index contributed by atoms with van der Waals surface area (Å²) in [7, 11) is 0. The van der Waals surface area contributed by atoms with Crippen molar-refractivity contribution in [3.05, 3.63) is 53.1 Å². The van der Waals surface area contributed by atoms with E-state index >= 15 is 0 Å². The second kappa shape index (κ2) is 7.52. The number of ether oxygens (including phenoxy) is 1. The average molecular weight is 324 g/mol. The molecule has 3 heteroatoms. The molecule has 0 fully saturated rings. The van der Waals surface area contributed by atoms with Crippen LogP contribution in [-0.4, -0.2) is 17.7 Å². The standard InChI is InChI=1S/C21H24O3/c1-2-3-4-5-6-11-24-18-8-10-20-17(14-18)13-16-12-15(21(22)23)7-9-19(16)20/h7-10,12,14H,2-6,11,13H2,1H3,(H,22,23). The zero-order chi connectivity index (χ0) is 16.9. The van der Waals surface area contributed by atoms with Crippen LogP contribution in [0.2, 0.25) is 0 Å². The molecule has 0 atom stereocenters. The van der Waals surface area contributed by atoms with Crippen LogP contribution in [-0.2, 0) is 6.42 Å². The molecule has 0 amide bonds. The Morgan fingerprint density at radius 2 is 1.71 bits per heavy atom. The molecule has 1 N–H and O–H groups in total. The molecule has 3 rings (SSSR count). The Balaban J connectivity index is 1.63. The summed E-state index contributed by atoms with van der Waals surface area (Å²) in [5.74, 6) is 0.0383. The molecular formula is C21H24O3. The normalized spacial score (nSPS) is 11.9. The molecule has 2 aromatic rings. The molecule has 0 unspecified atom stereocenters. The summed E-state index contributed by atoms with van der Waals surface area (Å²) in [6, 6.07) is 11.6. The molecule has 24 heavy (non-hydrogen) atoms. The van der Waals surface area contributed by atoms with Crippen LogP contribution < -0.4 is 4.74 Å². The highest BCUT2D eigenvalue weighted by molar-refractivity contribution is 5.90. The van der Waals surface area contributed by atoms with Gasteiger partial charge in [0.2, 0.25) is 0 Å². The molecule has 0 spiro atoms. The maximum atomic E-state index is 11.1. The lowest BCUT2D eigenvalue weighted by Crippen LogP contribution is -1.97. The van der Waals surface area contributed by atoms with Gasteiger partial charge in [-0.15, -0.1) is 0 Å². The van der Waals surface area contributed by atoms with Crippen molar-refractivity contribution >= 4 is 5.97 Å². The van der Waals surface area contributed by atoms with Crippen LogP contribution in [0.25, 0.3) is 11.1 Å². The Labute approximate surface area is 143 Å². The van der Waals surface area contributed by atoms with Gasteiger partial charge in [0.15, 0.2) is 0 Å². The van der Waals surface area contributed by atoms with E-state index in [1.165, 1.54) is 36.8 Å². The predicted octanol–water partition coefficient (Wildman–Crippen LogP) is 5.31. The third-order valence-electron chi connectivity index (χ3n) is 4.62. The summed E-state index contributed by atoms with van der Waals surface area (Å²) in [5.41, 5.74) is 4.99. The van der Waals surface area contributed by atoms with Gasteiger partial charge in [-0.05, 0) is 59.4 Å². The summed E-state index contributed by atoms with van der Waals surface area (Å²) >= 11 is 0. The number of carbonyl (C=O) groups is 1. The van der Waals surface area contributed by atoms with Crippen LogP contribution in [0.15, 0.2) is 36.4 Å². The molecule has 0 saturated heterocycles.